The molecular formula is C33H53N4O7P. The number of H-pyrrole nitrogens is 1. The van der Waals surface area contributed by atoms with Crippen molar-refractivity contribution < 1.29 is 33.4 Å². The second-order valence-electron chi connectivity index (χ2n) is 12.3. The lowest BCUT2D eigenvalue weighted by Gasteiger charge is -2.34. The molecule has 0 unspecified atom stereocenters. The highest BCUT2D eigenvalue weighted by Crippen LogP contribution is 2.49. The van der Waals surface area contributed by atoms with Crippen LogP contribution >= 0.6 is 7.60 Å². The topological polar surface area (TPSA) is 163 Å². The summed E-state index contributed by atoms with van der Waals surface area (Å²) in [4.78, 5) is 35.0. The molecule has 1 saturated carbocycles. The van der Waals surface area contributed by atoms with Crippen molar-refractivity contribution in [3.63, 3.8) is 0 Å². The molecule has 0 radical (unpaired) electrons. The van der Waals surface area contributed by atoms with Gasteiger partial charge in [-0.25, -0.2) is 4.98 Å². The summed E-state index contributed by atoms with van der Waals surface area (Å²) in [5.41, 5.74) is 1.36. The molecule has 1 aliphatic rings. The molecule has 0 saturated heterocycles. The van der Waals surface area contributed by atoms with Gasteiger partial charge in [0.05, 0.1) is 43.8 Å². The van der Waals surface area contributed by atoms with Gasteiger partial charge in [0.2, 0.25) is 11.8 Å². The van der Waals surface area contributed by atoms with Crippen LogP contribution in [0.3, 0.4) is 0 Å². The van der Waals surface area contributed by atoms with E-state index in [4.69, 9.17) is 9.05 Å². The Morgan fingerprint density at radius 2 is 1.67 bits per heavy atom. The van der Waals surface area contributed by atoms with Crippen molar-refractivity contribution >= 4 is 19.4 Å². The number of nitrogens with zero attached hydrogens (tertiary/aromatic N) is 1. The van der Waals surface area contributed by atoms with Crippen LogP contribution in [0.1, 0.15) is 89.8 Å². The normalized spacial score (nSPS) is 17.8. The Bertz CT molecular complexity index is 1180. The van der Waals surface area contributed by atoms with E-state index in [-0.39, 0.29) is 38.1 Å². The fourth-order valence-corrected chi connectivity index (χ4v) is 7.75. The average molecular weight is 649 g/mol. The Kier molecular flexibility index (Phi) is 15.2. The number of aromatic nitrogens is 2. The summed E-state index contributed by atoms with van der Waals surface area (Å²) >= 11 is 0. The number of aliphatic hydroxyl groups is 2. The molecule has 1 heterocycles. The van der Waals surface area contributed by atoms with Crippen LogP contribution in [0.2, 0.25) is 0 Å². The molecule has 12 heteroatoms. The lowest BCUT2D eigenvalue weighted by atomic mass is 9.82. The van der Waals surface area contributed by atoms with Gasteiger partial charge in [0.15, 0.2) is 0 Å². The van der Waals surface area contributed by atoms with Crippen LogP contribution in [-0.4, -0.2) is 75.7 Å². The molecule has 252 valence electrons. The molecule has 5 atom stereocenters. The van der Waals surface area contributed by atoms with E-state index in [0.717, 1.165) is 25.7 Å². The molecule has 1 aliphatic carbocycles. The highest BCUT2D eigenvalue weighted by Gasteiger charge is 2.35. The molecule has 5 N–H and O–H groups in total. The molecule has 0 bridgehead atoms. The third-order valence-electron chi connectivity index (χ3n) is 8.56. The first kappa shape index (κ1) is 36.9. The monoisotopic (exact) mass is 648 g/mol. The molecular weight excluding hydrogens is 595 g/mol. The molecule has 1 aromatic carbocycles. The first-order valence-corrected chi connectivity index (χ1v) is 18.2. The van der Waals surface area contributed by atoms with Gasteiger partial charge in [-0.2, -0.15) is 0 Å². The number of aliphatic hydroxyl groups excluding tert-OH is 2. The van der Waals surface area contributed by atoms with E-state index in [1.807, 2.05) is 44.2 Å². The number of imidazole rings is 1. The molecule has 11 nitrogen and oxygen atoms in total. The van der Waals surface area contributed by atoms with Crippen LogP contribution in [0.25, 0.3) is 0 Å². The predicted molar refractivity (Wildman–Crippen MR) is 174 cm³/mol. The minimum atomic E-state index is -3.42. The molecule has 2 aromatic rings. The Balaban J connectivity index is 1.85. The van der Waals surface area contributed by atoms with E-state index >= 15 is 0 Å². The molecule has 1 fully saturated rings. The highest BCUT2D eigenvalue weighted by atomic mass is 31.2. The number of carbonyl (C=O) groups excluding carboxylic acids is 2. The lowest BCUT2D eigenvalue weighted by molar-refractivity contribution is -0.131. The summed E-state index contributed by atoms with van der Waals surface area (Å²) in [6.07, 6.45) is 7.20. The Labute approximate surface area is 267 Å². The van der Waals surface area contributed by atoms with Crippen LogP contribution in [0.15, 0.2) is 42.9 Å². The summed E-state index contributed by atoms with van der Waals surface area (Å²) in [7, 11) is -3.42. The molecule has 0 aliphatic heterocycles. The maximum atomic E-state index is 14.0. The minimum Gasteiger partial charge on any atom is -0.390 e. The zero-order valence-electron chi connectivity index (χ0n) is 27.2. The van der Waals surface area contributed by atoms with E-state index in [1.54, 1.807) is 20.0 Å². The number of hydrogen-bond donors (Lipinski definition) is 5. The SMILES string of the molecule is CCOP(=O)(CC[C@H](C(=O)N[C@@H](Cc1cnc[nH]1)C(=O)N[C@@H](CC1CCCCC1)[C@@H](O)[C@@H](O)C(C)C)c1ccccc1)OCC. The van der Waals surface area contributed by atoms with Gasteiger partial charge in [-0.1, -0.05) is 76.3 Å². The van der Waals surface area contributed by atoms with Gasteiger partial charge >= 0.3 is 7.60 Å². The standard InChI is InChI=1S/C33H53N4O7P/c1-5-43-45(42,44-6-2)18-17-27(25-15-11-8-12-16-25)32(40)37-29(20-26-21-34-22-35-26)33(41)36-28(31(39)30(38)23(3)4)19-24-13-9-7-10-14-24/h8,11-12,15-16,21-24,27-31,38-39H,5-7,9-10,13-14,17-20H2,1-4H3,(H,34,35)(H,36,41)(H,37,40)/t27-,28-,29-,30-,31+/m0/s1. The van der Waals surface area contributed by atoms with Crippen LogP contribution in [0.5, 0.6) is 0 Å². The zero-order valence-corrected chi connectivity index (χ0v) is 28.1. The summed E-state index contributed by atoms with van der Waals surface area (Å²) in [6.45, 7) is 7.56. The summed E-state index contributed by atoms with van der Waals surface area (Å²) in [6, 6.07) is 7.45. The zero-order chi connectivity index (χ0) is 32.8. The Hall–Kier alpha value is -2.56. The van der Waals surface area contributed by atoms with Gasteiger partial charge in [0, 0.05) is 18.3 Å². The van der Waals surface area contributed by atoms with Crippen molar-refractivity contribution in [2.75, 3.05) is 19.4 Å². The quantitative estimate of drug-likeness (QED) is 0.137. The first-order chi connectivity index (χ1) is 21.6. The summed E-state index contributed by atoms with van der Waals surface area (Å²) in [5.74, 6) is -1.49. The average Bonchev–Trinajstić information content (AvgIpc) is 3.54. The van der Waals surface area contributed by atoms with E-state index < -0.39 is 49.6 Å². The molecule has 3 rings (SSSR count). The Morgan fingerprint density at radius 1 is 1.00 bits per heavy atom. The number of nitrogens with one attached hydrogen (secondary N) is 3. The van der Waals surface area contributed by atoms with Crippen LogP contribution < -0.4 is 10.6 Å². The van der Waals surface area contributed by atoms with E-state index in [1.165, 1.54) is 12.7 Å². The number of benzene rings is 1. The maximum absolute atomic E-state index is 14.0. The van der Waals surface area contributed by atoms with Gasteiger partial charge in [-0.05, 0) is 44.1 Å². The van der Waals surface area contributed by atoms with Crippen molar-refractivity contribution in [2.24, 2.45) is 11.8 Å². The third-order valence-corrected chi connectivity index (χ3v) is 10.7. The van der Waals surface area contributed by atoms with E-state index in [9.17, 15) is 24.4 Å². The van der Waals surface area contributed by atoms with Gasteiger partial charge in [-0.3, -0.25) is 14.2 Å². The van der Waals surface area contributed by atoms with E-state index in [2.05, 4.69) is 20.6 Å². The van der Waals surface area contributed by atoms with Gasteiger partial charge < -0.3 is 34.9 Å². The number of hydrogen-bond acceptors (Lipinski definition) is 8. The molecule has 0 spiro atoms. The van der Waals surface area contributed by atoms with Gasteiger partial charge in [0.25, 0.3) is 0 Å². The predicted octanol–water partition coefficient (Wildman–Crippen LogP) is 4.71. The summed E-state index contributed by atoms with van der Waals surface area (Å²) in [5, 5.41) is 27.9. The number of carbonyl (C=O) groups is 2. The van der Waals surface area contributed by atoms with E-state index in [0.29, 0.717) is 23.6 Å². The fourth-order valence-electron chi connectivity index (χ4n) is 6.06. The van der Waals surface area contributed by atoms with Crippen molar-refractivity contribution in [3.8, 4) is 0 Å². The van der Waals surface area contributed by atoms with Gasteiger partial charge in [0.1, 0.15) is 12.1 Å². The largest absolute Gasteiger partial charge is 0.390 e. The van der Waals surface area contributed by atoms with Crippen molar-refractivity contribution in [1.29, 1.82) is 0 Å². The van der Waals surface area contributed by atoms with Crippen LogP contribution in [-0.2, 0) is 29.6 Å². The van der Waals surface area contributed by atoms with Gasteiger partial charge in [-0.15, -0.1) is 0 Å². The van der Waals surface area contributed by atoms with Crippen molar-refractivity contribution in [1.82, 2.24) is 20.6 Å². The van der Waals surface area contributed by atoms with Crippen molar-refractivity contribution in [3.05, 3.63) is 54.1 Å². The van der Waals surface area contributed by atoms with Crippen LogP contribution in [0.4, 0.5) is 0 Å². The number of amides is 2. The lowest BCUT2D eigenvalue weighted by Crippen LogP contribution is -2.56. The second kappa shape index (κ2) is 18.6. The Morgan fingerprint density at radius 3 is 2.24 bits per heavy atom. The first-order valence-electron chi connectivity index (χ1n) is 16.4. The van der Waals surface area contributed by atoms with Crippen molar-refractivity contribution in [2.45, 2.75) is 109 Å². The summed E-state index contributed by atoms with van der Waals surface area (Å²) < 4.78 is 24.2. The third kappa shape index (κ3) is 11.6. The smallest absolute Gasteiger partial charge is 0.330 e. The molecule has 45 heavy (non-hydrogen) atoms. The van der Waals surface area contributed by atoms with Crippen LogP contribution in [0, 0.1) is 11.8 Å². The molecule has 1 aromatic heterocycles. The second-order valence-corrected chi connectivity index (χ2v) is 14.5. The fraction of sp³-hybridized carbons (Fsp3) is 0.667. The molecule has 2 amide bonds. The minimum absolute atomic E-state index is 0.0296. The number of rotatable bonds is 19. The maximum Gasteiger partial charge on any atom is 0.330 e. The number of aromatic amines is 1. The highest BCUT2D eigenvalue weighted by molar-refractivity contribution is 7.53.